The average Bonchev–Trinajstić information content (AvgIpc) is 3.29. The smallest absolute Gasteiger partial charge is 0.264 e. The number of thioether (sulfide) groups is 1. The molecule has 2 atom stereocenters. The van der Waals surface area contributed by atoms with Crippen LogP contribution in [0.25, 0.3) is 22.1 Å². The lowest BCUT2D eigenvalue weighted by Crippen LogP contribution is -2.44. The molecule has 1 saturated carbocycles. The van der Waals surface area contributed by atoms with Gasteiger partial charge in [-0.1, -0.05) is 56.1 Å². The van der Waals surface area contributed by atoms with Gasteiger partial charge in [0.1, 0.15) is 5.52 Å². The van der Waals surface area contributed by atoms with E-state index in [2.05, 4.69) is 25.8 Å². The fourth-order valence-corrected chi connectivity index (χ4v) is 6.99. The fraction of sp³-hybridized carbons (Fsp3) is 0.333. The van der Waals surface area contributed by atoms with Gasteiger partial charge in [-0.3, -0.25) is 4.79 Å². The molecule has 4 aromatic rings. The van der Waals surface area contributed by atoms with Crippen LogP contribution in [-0.2, 0) is 15.6 Å². The maximum atomic E-state index is 14.0. The molecule has 2 aliphatic rings. The van der Waals surface area contributed by atoms with E-state index in [1.807, 2.05) is 24.3 Å². The van der Waals surface area contributed by atoms with Gasteiger partial charge in [-0.05, 0) is 42.5 Å². The summed E-state index contributed by atoms with van der Waals surface area (Å²) in [5.41, 5.74) is 2.90. The van der Waals surface area contributed by atoms with Crippen molar-refractivity contribution in [2.75, 3.05) is 0 Å². The van der Waals surface area contributed by atoms with Crippen molar-refractivity contribution in [2.24, 2.45) is 5.41 Å². The molecular weight excluding hydrogens is 465 g/mol. The highest BCUT2D eigenvalue weighted by Gasteiger charge is 2.73. The molecular formula is C24H19Cl2N3O2S. The predicted molar refractivity (Wildman–Crippen MR) is 126 cm³/mol. The molecule has 0 N–H and O–H groups in total. The summed E-state index contributed by atoms with van der Waals surface area (Å²) in [6.45, 7) is 6.49. The quantitative estimate of drug-likeness (QED) is 0.294. The predicted octanol–water partition coefficient (Wildman–Crippen LogP) is 6.73. The molecule has 0 aliphatic heterocycles. The minimum atomic E-state index is -0.796. The van der Waals surface area contributed by atoms with E-state index in [0.29, 0.717) is 38.3 Å². The highest BCUT2D eigenvalue weighted by molar-refractivity contribution is 8.13. The van der Waals surface area contributed by atoms with Crippen LogP contribution in [0.15, 0.2) is 46.0 Å². The normalized spacial score (nSPS) is 25.5. The lowest BCUT2D eigenvalue weighted by Gasteiger charge is -2.39. The van der Waals surface area contributed by atoms with Gasteiger partial charge in [-0.25, -0.2) is 15.0 Å². The van der Waals surface area contributed by atoms with Crippen molar-refractivity contribution in [1.29, 1.82) is 0 Å². The number of carbonyl (C=O) groups excluding carboxylic acids is 1. The number of oxazole rings is 1. The Kier molecular flexibility index (Phi) is 4.13. The topological polar surface area (TPSA) is 68.9 Å². The Morgan fingerprint density at radius 1 is 0.938 bits per heavy atom. The van der Waals surface area contributed by atoms with Gasteiger partial charge >= 0.3 is 0 Å². The lowest BCUT2D eigenvalue weighted by molar-refractivity contribution is -0.119. The number of carbonyl (C=O) groups is 1. The summed E-state index contributed by atoms with van der Waals surface area (Å²) in [4.78, 5) is 28.4. The molecule has 2 aromatic carbocycles. The Hall–Kier alpha value is -2.15. The Balaban J connectivity index is 1.52. The third-order valence-corrected chi connectivity index (χ3v) is 9.49. The molecule has 2 heterocycles. The Morgan fingerprint density at radius 2 is 1.59 bits per heavy atom. The molecule has 2 aliphatic carbocycles. The van der Waals surface area contributed by atoms with Crippen molar-refractivity contribution in [1.82, 2.24) is 15.0 Å². The van der Waals surface area contributed by atoms with E-state index >= 15 is 0 Å². The minimum Gasteiger partial charge on any atom is -0.431 e. The van der Waals surface area contributed by atoms with Crippen LogP contribution in [0, 0.1) is 5.41 Å². The number of nitrogens with zero attached hydrogens (tertiary/aromatic N) is 3. The number of benzene rings is 2. The fourth-order valence-electron chi connectivity index (χ4n) is 5.61. The molecule has 0 amide bonds. The molecule has 5 nitrogen and oxygen atoms in total. The van der Waals surface area contributed by atoms with E-state index < -0.39 is 5.41 Å². The standard InChI is InChI=1S/C24H19Cl2N3O2S/c1-22(2)23(3)8-9-24(22,20(30)32-21-29-14-6-4-5-7-17(14)31-21)19-18(23)27-15-10-12(25)13(26)11-16(15)28-19/h4-7,10-11H,8-9H2,1-3H3. The first-order chi connectivity index (χ1) is 15.2. The van der Waals surface area contributed by atoms with Crippen LogP contribution in [0.2, 0.25) is 10.0 Å². The number of fused-ring (bicyclic) bond motifs is 7. The third-order valence-electron chi connectivity index (χ3n) is 7.88. The third kappa shape index (κ3) is 2.38. The second-order valence-electron chi connectivity index (χ2n) is 9.38. The van der Waals surface area contributed by atoms with Gasteiger partial charge in [-0.2, -0.15) is 0 Å². The summed E-state index contributed by atoms with van der Waals surface area (Å²) in [6.07, 6.45) is 1.56. The molecule has 162 valence electrons. The highest BCUT2D eigenvalue weighted by Crippen LogP contribution is 2.71. The largest absolute Gasteiger partial charge is 0.431 e. The van der Waals surface area contributed by atoms with E-state index in [-0.39, 0.29) is 15.9 Å². The summed E-state index contributed by atoms with van der Waals surface area (Å²) < 4.78 is 5.84. The van der Waals surface area contributed by atoms with Crippen LogP contribution < -0.4 is 0 Å². The maximum absolute atomic E-state index is 14.0. The van der Waals surface area contributed by atoms with Gasteiger partial charge in [0.25, 0.3) is 5.22 Å². The zero-order valence-electron chi connectivity index (χ0n) is 17.7. The van der Waals surface area contributed by atoms with Crippen LogP contribution in [0.1, 0.15) is 45.0 Å². The Bertz CT molecular complexity index is 1430. The van der Waals surface area contributed by atoms with Crippen molar-refractivity contribution >= 4 is 62.2 Å². The molecule has 2 aromatic heterocycles. The van der Waals surface area contributed by atoms with Crippen LogP contribution in [0.3, 0.4) is 0 Å². The van der Waals surface area contributed by atoms with E-state index in [9.17, 15) is 4.79 Å². The molecule has 8 heteroatoms. The summed E-state index contributed by atoms with van der Waals surface area (Å²) in [6, 6.07) is 11.0. The van der Waals surface area contributed by atoms with Crippen molar-refractivity contribution in [3.8, 4) is 0 Å². The van der Waals surface area contributed by atoms with Gasteiger partial charge in [0.05, 0.1) is 37.9 Å². The second-order valence-corrected chi connectivity index (χ2v) is 11.1. The number of aromatic nitrogens is 3. The molecule has 0 spiro atoms. The molecule has 32 heavy (non-hydrogen) atoms. The first-order valence-corrected chi connectivity index (χ1v) is 12.0. The highest BCUT2D eigenvalue weighted by atomic mass is 35.5. The monoisotopic (exact) mass is 483 g/mol. The van der Waals surface area contributed by atoms with Crippen molar-refractivity contribution < 1.29 is 9.21 Å². The minimum absolute atomic E-state index is 0.00904. The van der Waals surface area contributed by atoms with E-state index in [0.717, 1.165) is 35.1 Å². The lowest BCUT2D eigenvalue weighted by atomic mass is 9.64. The SMILES string of the molecule is CC12CCC(C(=O)Sc3nc4ccccc4o3)(c3nc4cc(Cl)c(Cl)cc4nc31)C2(C)C. The zero-order chi connectivity index (χ0) is 22.5. The number of para-hydroxylation sites is 2. The van der Waals surface area contributed by atoms with Gasteiger partial charge < -0.3 is 4.42 Å². The maximum Gasteiger partial charge on any atom is 0.264 e. The van der Waals surface area contributed by atoms with E-state index in [4.69, 9.17) is 37.6 Å². The van der Waals surface area contributed by atoms with Crippen molar-refractivity contribution in [3.63, 3.8) is 0 Å². The first-order valence-electron chi connectivity index (χ1n) is 10.4. The van der Waals surface area contributed by atoms with Crippen LogP contribution in [0.5, 0.6) is 0 Å². The second kappa shape index (κ2) is 6.46. The molecule has 2 unspecified atom stereocenters. The number of rotatable bonds is 2. The molecule has 1 fully saturated rings. The van der Waals surface area contributed by atoms with Crippen LogP contribution in [-0.4, -0.2) is 20.1 Å². The summed E-state index contributed by atoms with van der Waals surface area (Å²) in [5.74, 6) is 0. The van der Waals surface area contributed by atoms with Gasteiger partial charge in [0.2, 0.25) is 5.12 Å². The molecule has 6 rings (SSSR count). The van der Waals surface area contributed by atoms with Gasteiger partial charge in [-0.15, -0.1) is 0 Å². The zero-order valence-corrected chi connectivity index (χ0v) is 20.0. The van der Waals surface area contributed by atoms with Crippen LogP contribution in [0.4, 0.5) is 0 Å². The Morgan fingerprint density at radius 3 is 2.28 bits per heavy atom. The van der Waals surface area contributed by atoms with Crippen LogP contribution >= 0.6 is 35.0 Å². The van der Waals surface area contributed by atoms with Gasteiger partial charge in [0.15, 0.2) is 5.58 Å². The van der Waals surface area contributed by atoms with Crippen molar-refractivity contribution in [2.45, 2.75) is 49.7 Å². The number of hydrogen-bond donors (Lipinski definition) is 0. The summed E-state index contributed by atoms with van der Waals surface area (Å²) in [7, 11) is 0. The number of halogens is 2. The van der Waals surface area contributed by atoms with E-state index in [1.165, 1.54) is 0 Å². The average molecular weight is 484 g/mol. The summed E-state index contributed by atoms with van der Waals surface area (Å²) in [5, 5.41) is 1.21. The van der Waals surface area contributed by atoms with Crippen molar-refractivity contribution in [3.05, 3.63) is 57.8 Å². The molecule has 0 saturated heterocycles. The molecule has 0 radical (unpaired) electrons. The van der Waals surface area contributed by atoms with Gasteiger partial charge in [0, 0.05) is 17.2 Å². The van der Waals surface area contributed by atoms with E-state index in [1.54, 1.807) is 12.1 Å². The number of hydrogen-bond acceptors (Lipinski definition) is 6. The molecule has 2 bridgehead atoms. The first kappa shape index (κ1) is 20.5. The Labute approximate surface area is 198 Å². The summed E-state index contributed by atoms with van der Waals surface area (Å²) >= 11 is 13.5.